The van der Waals surface area contributed by atoms with Crippen molar-refractivity contribution in [3.63, 3.8) is 0 Å². The molecule has 56 valence electrons. The minimum atomic E-state index is 0.564. The van der Waals surface area contributed by atoms with Crippen LogP contribution in [0.5, 0.6) is 0 Å². The molecule has 0 spiro atoms. The van der Waals surface area contributed by atoms with Crippen LogP contribution in [0.25, 0.3) is 0 Å². The van der Waals surface area contributed by atoms with E-state index in [2.05, 4.69) is 11.8 Å². The third-order valence-electron chi connectivity index (χ3n) is 3.63. The van der Waals surface area contributed by atoms with Crippen molar-refractivity contribution in [3.8, 4) is 0 Å². The number of hydrogen-bond acceptors (Lipinski definition) is 2. The summed E-state index contributed by atoms with van der Waals surface area (Å²) < 4.78 is 0. The Morgan fingerprint density at radius 2 is 2.10 bits per heavy atom. The molecule has 2 N–H and O–H groups in total. The molecule has 0 aromatic heterocycles. The number of thioether (sulfide) groups is 1. The molecule has 3 aliphatic rings. The highest BCUT2D eigenvalue weighted by Gasteiger charge is 2.54. The monoisotopic (exact) mass is 155 g/mol. The zero-order valence-electron chi connectivity index (χ0n) is 5.99. The van der Waals surface area contributed by atoms with Gasteiger partial charge >= 0.3 is 0 Å². The highest BCUT2D eigenvalue weighted by Crippen LogP contribution is 2.58. The van der Waals surface area contributed by atoms with E-state index in [0.29, 0.717) is 6.04 Å². The van der Waals surface area contributed by atoms with Crippen molar-refractivity contribution in [2.75, 3.05) is 5.75 Å². The first-order chi connectivity index (χ1) is 4.86. The van der Waals surface area contributed by atoms with Gasteiger partial charge in [-0.1, -0.05) is 0 Å². The molecule has 2 aliphatic carbocycles. The first-order valence-electron chi connectivity index (χ1n) is 4.23. The van der Waals surface area contributed by atoms with Gasteiger partial charge in [-0.05, 0) is 36.3 Å². The summed E-state index contributed by atoms with van der Waals surface area (Å²) in [6.45, 7) is 0. The summed E-state index contributed by atoms with van der Waals surface area (Å²) in [5.74, 6) is 4.43. The summed E-state index contributed by atoms with van der Waals surface area (Å²) in [5.41, 5.74) is 6.08. The lowest BCUT2D eigenvalue weighted by molar-refractivity contribution is 0.362. The van der Waals surface area contributed by atoms with Crippen molar-refractivity contribution in [1.29, 1.82) is 0 Å². The zero-order valence-corrected chi connectivity index (χ0v) is 6.81. The Labute approximate surface area is 65.7 Å². The second-order valence-corrected chi connectivity index (χ2v) is 5.24. The fourth-order valence-electron chi connectivity index (χ4n) is 3.13. The van der Waals surface area contributed by atoms with Crippen LogP contribution in [0.2, 0.25) is 0 Å². The Balaban J connectivity index is 2.00. The molecule has 0 aromatic rings. The molecule has 3 rings (SSSR count). The summed E-state index contributed by atoms with van der Waals surface area (Å²) in [6, 6.07) is 0.564. The third-order valence-corrected chi connectivity index (χ3v) is 5.30. The third kappa shape index (κ3) is 0.517. The van der Waals surface area contributed by atoms with E-state index < -0.39 is 0 Å². The number of hydrogen-bond donors (Lipinski definition) is 1. The standard InChI is InChI=1S/C8H13NS/c9-7-4-1-5-3-10-8(7)6(5)2-4/h4-8H,1-3,9H2/t4-,5+,6-,7+,8+/m0/s1. The zero-order chi connectivity index (χ0) is 6.72. The molecule has 0 radical (unpaired) electrons. The molecule has 1 heterocycles. The van der Waals surface area contributed by atoms with Gasteiger partial charge < -0.3 is 5.73 Å². The Kier molecular flexibility index (Phi) is 1.02. The van der Waals surface area contributed by atoms with E-state index in [1.165, 1.54) is 18.6 Å². The molecule has 2 heteroatoms. The van der Waals surface area contributed by atoms with Crippen LogP contribution in [-0.2, 0) is 0 Å². The van der Waals surface area contributed by atoms with Gasteiger partial charge in [0.15, 0.2) is 0 Å². The maximum atomic E-state index is 6.08. The van der Waals surface area contributed by atoms with Crippen molar-refractivity contribution in [2.24, 2.45) is 23.5 Å². The van der Waals surface area contributed by atoms with Gasteiger partial charge in [-0.3, -0.25) is 0 Å². The summed E-state index contributed by atoms with van der Waals surface area (Å²) in [7, 11) is 0. The van der Waals surface area contributed by atoms with Crippen LogP contribution in [0.1, 0.15) is 12.8 Å². The van der Waals surface area contributed by atoms with E-state index >= 15 is 0 Å². The minimum Gasteiger partial charge on any atom is -0.326 e. The minimum absolute atomic E-state index is 0.564. The van der Waals surface area contributed by atoms with Crippen molar-refractivity contribution in [1.82, 2.24) is 0 Å². The summed E-state index contributed by atoms with van der Waals surface area (Å²) in [6.07, 6.45) is 2.92. The van der Waals surface area contributed by atoms with Crippen LogP contribution in [0.3, 0.4) is 0 Å². The molecule has 1 aliphatic heterocycles. The summed E-state index contributed by atoms with van der Waals surface area (Å²) >= 11 is 2.15. The normalized spacial score (nSPS) is 63.9. The maximum Gasteiger partial charge on any atom is 0.0233 e. The second-order valence-electron chi connectivity index (χ2n) is 4.03. The predicted octanol–water partition coefficient (Wildman–Crippen LogP) is 1.09. The summed E-state index contributed by atoms with van der Waals surface area (Å²) in [5, 5.41) is 0.865. The highest BCUT2D eigenvalue weighted by atomic mass is 32.2. The molecule has 5 atom stereocenters. The molecule has 1 nitrogen and oxygen atoms in total. The van der Waals surface area contributed by atoms with E-state index in [0.717, 1.165) is 23.0 Å². The van der Waals surface area contributed by atoms with Crippen LogP contribution in [0, 0.1) is 17.8 Å². The smallest absolute Gasteiger partial charge is 0.0233 e. The van der Waals surface area contributed by atoms with Gasteiger partial charge in [-0.15, -0.1) is 0 Å². The topological polar surface area (TPSA) is 26.0 Å². The Morgan fingerprint density at radius 3 is 2.80 bits per heavy atom. The largest absolute Gasteiger partial charge is 0.326 e. The fraction of sp³-hybridized carbons (Fsp3) is 1.00. The lowest BCUT2D eigenvalue weighted by Gasteiger charge is -2.23. The van der Waals surface area contributed by atoms with Gasteiger partial charge in [0.1, 0.15) is 0 Å². The molecule has 2 saturated carbocycles. The van der Waals surface area contributed by atoms with E-state index in [1.807, 2.05) is 0 Å². The first kappa shape index (κ1) is 5.90. The van der Waals surface area contributed by atoms with Crippen LogP contribution >= 0.6 is 11.8 Å². The number of fused-ring (bicyclic) bond motifs is 1. The quantitative estimate of drug-likeness (QED) is 0.566. The van der Waals surface area contributed by atoms with E-state index in [4.69, 9.17) is 5.73 Å². The molecule has 0 aromatic carbocycles. The SMILES string of the molecule is N[C@@H]1[C@H]2C[C@@H]3CS[C@@H]1[C@H]3C2. The Morgan fingerprint density at radius 1 is 1.20 bits per heavy atom. The van der Waals surface area contributed by atoms with Gasteiger partial charge in [-0.2, -0.15) is 11.8 Å². The van der Waals surface area contributed by atoms with E-state index in [1.54, 1.807) is 0 Å². The maximum absolute atomic E-state index is 6.08. The van der Waals surface area contributed by atoms with Crippen LogP contribution in [0.4, 0.5) is 0 Å². The van der Waals surface area contributed by atoms with Crippen molar-refractivity contribution < 1.29 is 0 Å². The van der Waals surface area contributed by atoms with Crippen molar-refractivity contribution >= 4 is 11.8 Å². The van der Waals surface area contributed by atoms with Crippen LogP contribution < -0.4 is 5.73 Å². The van der Waals surface area contributed by atoms with Gasteiger partial charge in [0.25, 0.3) is 0 Å². The van der Waals surface area contributed by atoms with Crippen molar-refractivity contribution in [2.45, 2.75) is 24.1 Å². The lowest BCUT2D eigenvalue weighted by Crippen LogP contribution is -2.37. The summed E-state index contributed by atoms with van der Waals surface area (Å²) in [4.78, 5) is 0. The molecule has 10 heavy (non-hydrogen) atoms. The Hall–Kier alpha value is 0.310. The molecule has 3 fully saturated rings. The van der Waals surface area contributed by atoms with Crippen LogP contribution in [0.15, 0.2) is 0 Å². The average molecular weight is 155 g/mol. The molecular formula is C8H13NS. The predicted molar refractivity (Wildman–Crippen MR) is 43.9 cm³/mol. The van der Waals surface area contributed by atoms with Gasteiger partial charge in [-0.25, -0.2) is 0 Å². The van der Waals surface area contributed by atoms with Gasteiger partial charge in [0.2, 0.25) is 0 Å². The lowest BCUT2D eigenvalue weighted by atomic mass is 9.88. The molecule has 2 bridgehead atoms. The average Bonchev–Trinajstić information content (AvgIpc) is 2.43. The number of nitrogens with two attached hydrogens (primary N) is 1. The second kappa shape index (κ2) is 1.72. The van der Waals surface area contributed by atoms with E-state index in [-0.39, 0.29) is 0 Å². The molecule has 1 saturated heterocycles. The van der Waals surface area contributed by atoms with Crippen LogP contribution in [-0.4, -0.2) is 17.0 Å². The fourth-order valence-corrected chi connectivity index (χ4v) is 5.01. The number of rotatable bonds is 0. The first-order valence-corrected chi connectivity index (χ1v) is 5.28. The van der Waals surface area contributed by atoms with Crippen molar-refractivity contribution in [3.05, 3.63) is 0 Å². The molecule has 0 unspecified atom stereocenters. The molecule has 0 amide bonds. The Bertz CT molecular complexity index is 169. The van der Waals surface area contributed by atoms with Gasteiger partial charge in [0, 0.05) is 11.3 Å². The molecular weight excluding hydrogens is 142 g/mol. The van der Waals surface area contributed by atoms with E-state index in [9.17, 15) is 0 Å². The van der Waals surface area contributed by atoms with Gasteiger partial charge in [0.05, 0.1) is 0 Å². The highest BCUT2D eigenvalue weighted by molar-refractivity contribution is 8.00.